The van der Waals surface area contributed by atoms with Crippen molar-refractivity contribution in [2.75, 3.05) is 25.5 Å². The van der Waals surface area contributed by atoms with Crippen LogP contribution in [-0.4, -0.2) is 51.6 Å². The number of primary amides is 1. The first-order valence-corrected chi connectivity index (χ1v) is 10.2. The lowest BCUT2D eigenvalue weighted by molar-refractivity contribution is -0.119. The number of carbonyl (C=O) groups is 1. The lowest BCUT2D eigenvalue weighted by Crippen LogP contribution is -2.20. The van der Waals surface area contributed by atoms with E-state index in [1.165, 1.54) is 0 Å². The molecule has 0 aliphatic rings. The number of halogens is 1. The van der Waals surface area contributed by atoms with Crippen LogP contribution in [0.2, 0.25) is 0 Å². The van der Waals surface area contributed by atoms with Gasteiger partial charge in [-0.1, -0.05) is 11.8 Å². The number of aromatic nitrogens is 4. The molecule has 2 rings (SSSR count). The molecule has 27 heavy (non-hydrogen) atoms. The number of nitrogens with zero attached hydrogens (tertiary/aromatic N) is 4. The highest BCUT2D eigenvalue weighted by Crippen LogP contribution is 2.37. The minimum atomic E-state index is -0.537. The molecule has 1 aromatic heterocycles. The second kappa shape index (κ2) is 11.1. The molecule has 0 spiro atoms. The zero-order valence-corrected chi connectivity index (χ0v) is 17.7. The van der Waals surface area contributed by atoms with Gasteiger partial charge in [0.2, 0.25) is 5.16 Å². The highest BCUT2D eigenvalue weighted by molar-refractivity contribution is 9.10. The first-order chi connectivity index (χ1) is 13.0. The Balaban J connectivity index is 1.82. The molecule has 11 heteroatoms. The molecule has 3 N–H and O–H groups in total. The van der Waals surface area contributed by atoms with Gasteiger partial charge in [0.1, 0.15) is 0 Å². The van der Waals surface area contributed by atoms with Crippen LogP contribution in [0.15, 0.2) is 21.8 Å². The fourth-order valence-corrected chi connectivity index (χ4v) is 3.60. The van der Waals surface area contributed by atoms with Gasteiger partial charge < -0.3 is 20.5 Å². The summed E-state index contributed by atoms with van der Waals surface area (Å²) in [5, 5.41) is 15.6. The molecule has 0 atom stereocenters. The monoisotopic (exact) mass is 458 g/mol. The molecule has 0 unspecified atom stereocenters. The number of hydrogen-bond acceptors (Lipinski definition) is 8. The maximum absolute atomic E-state index is 11.0. The van der Waals surface area contributed by atoms with Crippen LogP contribution < -0.4 is 20.5 Å². The van der Waals surface area contributed by atoms with Gasteiger partial charge in [0.15, 0.2) is 18.1 Å². The molecular weight excluding hydrogens is 436 g/mol. The number of carbonyl (C=O) groups excluding carboxylic acids is 1. The summed E-state index contributed by atoms with van der Waals surface area (Å²) >= 11 is 5.10. The van der Waals surface area contributed by atoms with E-state index in [1.807, 2.05) is 26.1 Å². The second-order valence-electron chi connectivity index (χ2n) is 5.56. The van der Waals surface area contributed by atoms with Crippen molar-refractivity contribution in [3.8, 4) is 11.5 Å². The highest BCUT2D eigenvalue weighted by Gasteiger charge is 2.13. The van der Waals surface area contributed by atoms with Crippen molar-refractivity contribution < 1.29 is 14.3 Å². The Morgan fingerprint density at radius 3 is 2.89 bits per heavy atom. The summed E-state index contributed by atoms with van der Waals surface area (Å²) < 4.78 is 13.5. The number of benzene rings is 1. The Labute approximate surface area is 170 Å². The zero-order chi connectivity index (χ0) is 19.6. The summed E-state index contributed by atoms with van der Waals surface area (Å²) in [5.41, 5.74) is 6.19. The Morgan fingerprint density at radius 1 is 1.41 bits per heavy atom. The van der Waals surface area contributed by atoms with Crippen molar-refractivity contribution in [2.45, 2.75) is 25.0 Å². The van der Waals surface area contributed by atoms with Gasteiger partial charge in [-0.05, 0) is 63.9 Å². The lowest BCUT2D eigenvalue weighted by Gasteiger charge is -2.15. The van der Waals surface area contributed by atoms with Gasteiger partial charge in [-0.15, -0.1) is 5.10 Å². The lowest BCUT2D eigenvalue weighted by atomic mass is 10.2. The number of nitrogens with two attached hydrogens (primary N) is 1. The van der Waals surface area contributed by atoms with Gasteiger partial charge >= 0.3 is 0 Å². The first kappa shape index (κ1) is 21.5. The Bertz CT molecular complexity index is 758. The molecule has 0 saturated carbocycles. The van der Waals surface area contributed by atoms with Gasteiger partial charge in [0.25, 0.3) is 5.91 Å². The summed E-state index contributed by atoms with van der Waals surface area (Å²) in [7, 11) is 1.82. The van der Waals surface area contributed by atoms with Crippen LogP contribution in [0.25, 0.3) is 0 Å². The van der Waals surface area contributed by atoms with E-state index in [0.717, 1.165) is 33.9 Å². The normalized spacial score (nSPS) is 10.8. The van der Waals surface area contributed by atoms with Crippen molar-refractivity contribution in [3.63, 3.8) is 0 Å². The number of thioether (sulfide) groups is 1. The van der Waals surface area contributed by atoms with Crippen LogP contribution in [0.5, 0.6) is 11.5 Å². The zero-order valence-electron chi connectivity index (χ0n) is 15.3. The Morgan fingerprint density at radius 2 is 2.22 bits per heavy atom. The third-order valence-corrected chi connectivity index (χ3v) is 5.05. The standard InChI is InChI=1S/C16H23BrN6O3S/c1-3-25-13-8-11(7-12(17)15(13)26-10-14(18)24)9-19-5-4-6-27-16-20-21-22-23(16)2/h7-8,19H,3-6,9-10H2,1-2H3,(H2,18,24). The maximum Gasteiger partial charge on any atom is 0.255 e. The van der Waals surface area contributed by atoms with E-state index in [4.69, 9.17) is 15.2 Å². The van der Waals surface area contributed by atoms with E-state index in [-0.39, 0.29) is 6.61 Å². The van der Waals surface area contributed by atoms with Gasteiger partial charge in [-0.25, -0.2) is 4.68 Å². The maximum atomic E-state index is 11.0. The first-order valence-electron chi connectivity index (χ1n) is 8.43. The number of amides is 1. The van der Waals surface area contributed by atoms with Crippen molar-refractivity contribution in [2.24, 2.45) is 12.8 Å². The molecule has 9 nitrogen and oxygen atoms in total. The number of ether oxygens (including phenoxy) is 2. The van der Waals surface area contributed by atoms with Crippen LogP contribution in [0.3, 0.4) is 0 Å². The van der Waals surface area contributed by atoms with E-state index >= 15 is 0 Å². The van der Waals surface area contributed by atoms with E-state index in [2.05, 4.69) is 36.8 Å². The quantitative estimate of drug-likeness (QED) is 0.362. The largest absolute Gasteiger partial charge is 0.490 e. The second-order valence-corrected chi connectivity index (χ2v) is 7.47. The van der Waals surface area contributed by atoms with Crippen LogP contribution in [0, 0.1) is 0 Å². The van der Waals surface area contributed by atoms with E-state index in [1.54, 1.807) is 16.4 Å². The van der Waals surface area contributed by atoms with Crippen molar-refractivity contribution in [1.82, 2.24) is 25.5 Å². The summed E-state index contributed by atoms with van der Waals surface area (Å²) in [5.74, 6) is 1.45. The fraction of sp³-hybridized carbons (Fsp3) is 0.500. The number of nitrogens with one attached hydrogen (secondary N) is 1. The van der Waals surface area contributed by atoms with E-state index in [9.17, 15) is 4.79 Å². The SMILES string of the molecule is CCOc1cc(CNCCCSc2nnnn2C)cc(Br)c1OCC(N)=O. The minimum Gasteiger partial charge on any atom is -0.490 e. The van der Waals surface area contributed by atoms with E-state index in [0.29, 0.717) is 24.7 Å². The van der Waals surface area contributed by atoms with Crippen molar-refractivity contribution >= 4 is 33.6 Å². The number of tetrazole rings is 1. The highest BCUT2D eigenvalue weighted by atomic mass is 79.9. The number of aryl methyl sites for hydroxylation is 1. The number of hydrogen-bond donors (Lipinski definition) is 2. The van der Waals surface area contributed by atoms with Gasteiger partial charge in [0.05, 0.1) is 11.1 Å². The average Bonchev–Trinajstić information content (AvgIpc) is 3.02. The topological polar surface area (TPSA) is 117 Å². The van der Waals surface area contributed by atoms with Crippen LogP contribution in [0.4, 0.5) is 0 Å². The smallest absolute Gasteiger partial charge is 0.255 e. The predicted octanol–water partition coefficient (Wildman–Crippen LogP) is 1.51. The molecule has 1 aromatic carbocycles. The molecule has 0 radical (unpaired) electrons. The fourth-order valence-electron chi connectivity index (χ4n) is 2.21. The van der Waals surface area contributed by atoms with Crippen molar-refractivity contribution in [3.05, 3.63) is 22.2 Å². The molecule has 0 aliphatic carbocycles. The molecule has 0 aliphatic heterocycles. The van der Waals surface area contributed by atoms with E-state index < -0.39 is 5.91 Å². The number of rotatable bonds is 12. The van der Waals surface area contributed by atoms with Crippen LogP contribution in [0.1, 0.15) is 18.9 Å². The molecule has 0 bridgehead atoms. The summed E-state index contributed by atoms with van der Waals surface area (Å²) in [6.07, 6.45) is 0.983. The average molecular weight is 459 g/mol. The third kappa shape index (κ3) is 7.00. The third-order valence-electron chi connectivity index (χ3n) is 3.37. The summed E-state index contributed by atoms with van der Waals surface area (Å²) in [6, 6.07) is 3.84. The molecule has 0 fully saturated rings. The summed E-state index contributed by atoms with van der Waals surface area (Å²) in [6.45, 7) is 3.73. The van der Waals surface area contributed by atoms with Crippen LogP contribution in [-0.2, 0) is 18.4 Å². The van der Waals surface area contributed by atoms with Gasteiger partial charge in [-0.3, -0.25) is 4.79 Å². The van der Waals surface area contributed by atoms with Crippen LogP contribution >= 0.6 is 27.7 Å². The van der Waals surface area contributed by atoms with Crippen molar-refractivity contribution in [1.29, 1.82) is 0 Å². The predicted molar refractivity (Wildman–Crippen MR) is 106 cm³/mol. The summed E-state index contributed by atoms with van der Waals surface area (Å²) in [4.78, 5) is 11.0. The Hall–Kier alpha value is -1.85. The minimum absolute atomic E-state index is 0.199. The molecule has 148 valence electrons. The van der Waals surface area contributed by atoms with Gasteiger partial charge in [-0.2, -0.15) is 0 Å². The molecular formula is C16H23BrN6O3S. The molecule has 1 amide bonds. The molecule has 2 aromatic rings. The molecule has 0 saturated heterocycles. The Kier molecular flexibility index (Phi) is 8.82. The molecule has 1 heterocycles. The van der Waals surface area contributed by atoms with Gasteiger partial charge in [0, 0.05) is 19.3 Å².